The minimum absolute atomic E-state index is 0.0223. The van der Waals surface area contributed by atoms with Gasteiger partial charge < -0.3 is 0 Å². The number of aromatic nitrogens is 1. The molecule has 1 fully saturated rings. The number of rotatable bonds is 4. The molecule has 2 aromatic rings. The molecule has 132 valence electrons. The zero-order chi connectivity index (χ0) is 18.2. The molecule has 0 atom stereocenters. The predicted octanol–water partition coefficient (Wildman–Crippen LogP) is 1.26. The second-order valence-electron chi connectivity index (χ2n) is 5.49. The SMILES string of the molecule is Cc1cc(N2C(=O)CCS2(=O)=O)ccc1S(=O)(=O)Nc1ccccn1. The minimum Gasteiger partial charge on any atom is -0.273 e. The highest BCUT2D eigenvalue weighted by Crippen LogP contribution is 2.29. The minimum atomic E-state index is -3.89. The summed E-state index contributed by atoms with van der Waals surface area (Å²) >= 11 is 0. The van der Waals surface area contributed by atoms with E-state index in [1.54, 1.807) is 12.1 Å². The van der Waals surface area contributed by atoms with Gasteiger partial charge in [0.2, 0.25) is 15.9 Å². The number of pyridine rings is 1. The van der Waals surface area contributed by atoms with Crippen molar-refractivity contribution < 1.29 is 21.6 Å². The van der Waals surface area contributed by atoms with E-state index in [9.17, 15) is 21.6 Å². The highest BCUT2D eigenvalue weighted by atomic mass is 32.2. The van der Waals surface area contributed by atoms with Crippen molar-refractivity contribution in [2.75, 3.05) is 14.8 Å². The van der Waals surface area contributed by atoms with Crippen LogP contribution in [-0.4, -0.2) is 33.5 Å². The number of nitrogens with one attached hydrogen (secondary N) is 1. The molecule has 0 radical (unpaired) electrons. The van der Waals surface area contributed by atoms with E-state index in [1.807, 2.05) is 0 Å². The number of carbonyl (C=O) groups excluding carboxylic acids is 1. The second-order valence-corrected chi connectivity index (χ2v) is 9.08. The summed E-state index contributed by atoms with van der Waals surface area (Å²) in [4.78, 5) is 15.7. The van der Waals surface area contributed by atoms with Crippen molar-refractivity contribution >= 4 is 37.5 Å². The van der Waals surface area contributed by atoms with Gasteiger partial charge in [-0.25, -0.2) is 26.1 Å². The molecule has 1 aliphatic rings. The van der Waals surface area contributed by atoms with Crippen LogP contribution < -0.4 is 9.03 Å². The van der Waals surface area contributed by atoms with Crippen LogP contribution in [0.5, 0.6) is 0 Å². The van der Waals surface area contributed by atoms with Crippen molar-refractivity contribution in [3.05, 3.63) is 48.2 Å². The number of amides is 1. The lowest BCUT2D eigenvalue weighted by Crippen LogP contribution is -2.29. The van der Waals surface area contributed by atoms with Crippen LogP contribution in [0.4, 0.5) is 11.5 Å². The Morgan fingerprint density at radius 3 is 2.52 bits per heavy atom. The summed E-state index contributed by atoms with van der Waals surface area (Å²) in [6, 6.07) is 8.76. The van der Waals surface area contributed by atoms with E-state index in [0.29, 0.717) is 5.56 Å². The Balaban J connectivity index is 1.96. The van der Waals surface area contributed by atoms with Crippen LogP contribution in [0.3, 0.4) is 0 Å². The number of anilines is 2. The lowest BCUT2D eigenvalue weighted by atomic mass is 10.2. The average molecular weight is 381 g/mol. The summed E-state index contributed by atoms with van der Waals surface area (Å²) in [5, 5.41) is 0. The molecule has 1 N–H and O–H groups in total. The number of carbonyl (C=O) groups is 1. The summed E-state index contributed by atoms with van der Waals surface area (Å²) in [5.41, 5.74) is 0.451. The van der Waals surface area contributed by atoms with E-state index in [0.717, 1.165) is 4.31 Å². The molecule has 0 saturated carbocycles. The van der Waals surface area contributed by atoms with Crippen LogP contribution in [0.25, 0.3) is 0 Å². The predicted molar refractivity (Wildman–Crippen MR) is 92.1 cm³/mol. The fourth-order valence-electron chi connectivity index (χ4n) is 2.55. The molecule has 25 heavy (non-hydrogen) atoms. The van der Waals surface area contributed by atoms with Gasteiger partial charge in [-0.1, -0.05) is 6.07 Å². The summed E-state index contributed by atoms with van der Waals surface area (Å²) in [6.45, 7) is 1.53. The molecule has 0 aliphatic carbocycles. The normalized spacial score (nSPS) is 16.8. The van der Waals surface area contributed by atoms with Crippen molar-refractivity contribution in [2.45, 2.75) is 18.2 Å². The standard InChI is InChI=1S/C15H15N3O5S2/c1-11-10-12(18-15(19)7-9-24(18,20)21)5-6-13(11)25(22,23)17-14-4-2-3-8-16-14/h2-6,8,10H,7,9H2,1H3,(H,16,17). The van der Waals surface area contributed by atoms with E-state index in [2.05, 4.69) is 9.71 Å². The van der Waals surface area contributed by atoms with Crippen molar-refractivity contribution in [1.82, 2.24) is 4.98 Å². The zero-order valence-corrected chi connectivity index (χ0v) is 14.8. The number of sulfonamides is 2. The largest absolute Gasteiger partial charge is 0.273 e. The third-order valence-corrected chi connectivity index (χ3v) is 6.87. The molecule has 0 bridgehead atoms. The number of aryl methyl sites for hydroxylation is 1. The lowest BCUT2D eigenvalue weighted by Gasteiger charge is -2.17. The number of hydrogen-bond acceptors (Lipinski definition) is 6. The van der Waals surface area contributed by atoms with Gasteiger partial charge in [-0.05, 0) is 42.8 Å². The molecule has 2 heterocycles. The fourth-order valence-corrected chi connectivity index (χ4v) is 5.23. The van der Waals surface area contributed by atoms with Gasteiger partial charge in [0.05, 0.1) is 16.3 Å². The number of nitrogens with zero attached hydrogens (tertiary/aromatic N) is 2. The highest BCUT2D eigenvalue weighted by molar-refractivity contribution is 7.94. The Bertz CT molecular complexity index is 1030. The first-order chi connectivity index (χ1) is 11.7. The molecule has 1 aromatic heterocycles. The van der Waals surface area contributed by atoms with E-state index in [4.69, 9.17) is 0 Å². The first-order valence-electron chi connectivity index (χ1n) is 7.31. The Kier molecular flexibility index (Phi) is 4.25. The molecule has 1 saturated heterocycles. The zero-order valence-electron chi connectivity index (χ0n) is 13.2. The third kappa shape index (κ3) is 3.35. The van der Waals surface area contributed by atoms with Crippen molar-refractivity contribution in [1.29, 1.82) is 0 Å². The molecular formula is C15H15N3O5S2. The molecule has 0 spiro atoms. The van der Waals surface area contributed by atoms with Crippen LogP contribution >= 0.6 is 0 Å². The van der Waals surface area contributed by atoms with Crippen molar-refractivity contribution in [2.24, 2.45) is 0 Å². The van der Waals surface area contributed by atoms with Crippen LogP contribution in [-0.2, 0) is 24.8 Å². The molecule has 10 heteroatoms. The van der Waals surface area contributed by atoms with Crippen molar-refractivity contribution in [3.63, 3.8) is 0 Å². The van der Waals surface area contributed by atoms with Gasteiger partial charge in [-0.2, -0.15) is 0 Å². The maximum absolute atomic E-state index is 12.5. The molecule has 3 rings (SSSR count). The van der Waals surface area contributed by atoms with Gasteiger partial charge in [-0.15, -0.1) is 0 Å². The van der Waals surface area contributed by atoms with Gasteiger partial charge in [0.15, 0.2) is 0 Å². The van der Waals surface area contributed by atoms with E-state index in [1.165, 1.54) is 37.4 Å². The highest BCUT2D eigenvalue weighted by Gasteiger charge is 2.36. The topological polar surface area (TPSA) is 114 Å². The molecule has 0 unspecified atom stereocenters. The fraction of sp³-hybridized carbons (Fsp3) is 0.200. The van der Waals surface area contributed by atoms with Gasteiger partial charge in [-0.3, -0.25) is 9.52 Å². The molecule has 1 aromatic carbocycles. The smallest absolute Gasteiger partial charge is 0.263 e. The van der Waals surface area contributed by atoms with Gasteiger partial charge in [0, 0.05) is 12.6 Å². The quantitative estimate of drug-likeness (QED) is 0.853. The summed E-state index contributed by atoms with van der Waals surface area (Å²) in [6.07, 6.45) is 1.38. The van der Waals surface area contributed by atoms with E-state index < -0.39 is 26.0 Å². The van der Waals surface area contributed by atoms with Gasteiger partial charge in [0.1, 0.15) is 5.82 Å². The van der Waals surface area contributed by atoms with Crippen molar-refractivity contribution in [3.8, 4) is 0 Å². The van der Waals surface area contributed by atoms with E-state index >= 15 is 0 Å². The van der Waals surface area contributed by atoms with Gasteiger partial charge in [0.25, 0.3) is 10.0 Å². The third-order valence-electron chi connectivity index (χ3n) is 3.66. The molecule has 1 amide bonds. The Labute approximate surface area is 145 Å². The van der Waals surface area contributed by atoms with Gasteiger partial charge >= 0.3 is 0 Å². The monoisotopic (exact) mass is 381 g/mol. The van der Waals surface area contributed by atoms with Crippen LogP contribution in [0.15, 0.2) is 47.5 Å². The molecule has 1 aliphatic heterocycles. The number of benzene rings is 1. The Morgan fingerprint density at radius 1 is 1.20 bits per heavy atom. The second kappa shape index (κ2) is 6.12. The average Bonchev–Trinajstić information content (AvgIpc) is 2.80. The Hall–Kier alpha value is -2.46. The Morgan fingerprint density at radius 2 is 1.96 bits per heavy atom. The van der Waals surface area contributed by atoms with E-state index in [-0.39, 0.29) is 28.6 Å². The lowest BCUT2D eigenvalue weighted by molar-refractivity contribution is -0.116. The maximum atomic E-state index is 12.5. The van der Waals surface area contributed by atoms with Crippen LogP contribution in [0.2, 0.25) is 0 Å². The summed E-state index contributed by atoms with van der Waals surface area (Å²) < 4.78 is 52.0. The van der Waals surface area contributed by atoms with Crippen LogP contribution in [0.1, 0.15) is 12.0 Å². The van der Waals surface area contributed by atoms with Crippen LogP contribution in [0, 0.1) is 6.92 Å². The maximum Gasteiger partial charge on any atom is 0.263 e. The first kappa shape index (κ1) is 17.4. The summed E-state index contributed by atoms with van der Waals surface area (Å²) in [5.74, 6) is -0.600. The first-order valence-corrected chi connectivity index (χ1v) is 10.4. The molecular weight excluding hydrogens is 366 g/mol. The number of hydrogen-bond donors (Lipinski definition) is 1. The molecule has 8 nitrogen and oxygen atoms in total. The summed E-state index contributed by atoms with van der Waals surface area (Å²) in [7, 11) is -7.59.